The molecule has 1 N–H and O–H groups in total. The van der Waals surface area contributed by atoms with Gasteiger partial charge in [0.25, 0.3) is 0 Å². The molecule has 0 atom stereocenters. The van der Waals surface area contributed by atoms with Crippen LogP contribution in [-0.4, -0.2) is 49.8 Å². The third-order valence-corrected chi connectivity index (χ3v) is 3.52. The Kier molecular flexibility index (Phi) is 6.89. The minimum atomic E-state index is -0.113. The highest BCUT2D eigenvalue weighted by Crippen LogP contribution is 2.18. The zero-order valence-corrected chi connectivity index (χ0v) is 14.1. The molecule has 2 amide bonds. The van der Waals surface area contributed by atoms with Crippen LogP contribution in [0.5, 0.6) is 11.5 Å². The van der Waals surface area contributed by atoms with E-state index in [1.807, 2.05) is 36.4 Å². The van der Waals surface area contributed by atoms with E-state index in [9.17, 15) is 4.79 Å². The summed E-state index contributed by atoms with van der Waals surface area (Å²) >= 11 is 0. The lowest BCUT2D eigenvalue weighted by atomic mass is 10.2. The van der Waals surface area contributed by atoms with E-state index in [1.165, 1.54) is 0 Å². The number of benzene rings is 1. The molecule has 1 aromatic heterocycles. The zero-order valence-electron chi connectivity index (χ0n) is 14.1. The molecule has 0 bridgehead atoms. The number of nitrogens with zero attached hydrogens (tertiary/aromatic N) is 2. The fraction of sp³-hybridized carbons (Fsp3) is 0.333. The van der Waals surface area contributed by atoms with Crippen molar-refractivity contribution in [2.45, 2.75) is 6.42 Å². The first kappa shape index (κ1) is 17.6. The van der Waals surface area contributed by atoms with Crippen molar-refractivity contribution in [1.29, 1.82) is 0 Å². The van der Waals surface area contributed by atoms with Gasteiger partial charge in [-0.1, -0.05) is 6.07 Å². The number of nitrogens with one attached hydrogen (secondary N) is 1. The summed E-state index contributed by atoms with van der Waals surface area (Å²) in [6.45, 7) is 1.49. The number of methoxy groups -OCH3 is 1. The molecular formula is C18H23N3O3. The topological polar surface area (TPSA) is 63.7 Å². The van der Waals surface area contributed by atoms with Crippen LogP contribution in [-0.2, 0) is 6.42 Å². The number of carbonyl (C=O) groups is 1. The summed E-state index contributed by atoms with van der Waals surface area (Å²) in [5, 5.41) is 2.84. The summed E-state index contributed by atoms with van der Waals surface area (Å²) in [5.41, 5.74) is 1.16. The van der Waals surface area contributed by atoms with Gasteiger partial charge in [-0.2, -0.15) is 0 Å². The Labute approximate surface area is 142 Å². The molecule has 0 aliphatic heterocycles. The lowest BCUT2D eigenvalue weighted by molar-refractivity contribution is 0.206. The van der Waals surface area contributed by atoms with Crippen molar-refractivity contribution < 1.29 is 14.3 Å². The predicted molar refractivity (Wildman–Crippen MR) is 92.5 cm³/mol. The molecule has 2 rings (SSSR count). The Hall–Kier alpha value is -2.76. The van der Waals surface area contributed by atoms with Gasteiger partial charge in [0.1, 0.15) is 18.1 Å². The van der Waals surface area contributed by atoms with E-state index >= 15 is 0 Å². The van der Waals surface area contributed by atoms with E-state index in [0.717, 1.165) is 23.5 Å². The number of amides is 2. The second-order valence-electron chi connectivity index (χ2n) is 5.29. The molecule has 0 saturated heterocycles. The lowest BCUT2D eigenvalue weighted by Gasteiger charge is -2.18. The highest BCUT2D eigenvalue weighted by Gasteiger charge is 2.07. The second kappa shape index (κ2) is 9.39. The van der Waals surface area contributed by atoms with Crippen LogP contribution in [0, 0.1) is 0 Å². The summed E-state index contributed by atoms with van der Waals surface area (Å²) in [4.78, 5) is 17.6. The molecule has 0 fully saturated rings. The first-order chi connectivity index (χ1) is 11.7. The summed E-state index contributed by atoms with van der Waals surface area (Å²) in [5.74, 6) is 1.46. The maximum atomic E-state index is 12.0. The number of ether oxygens (including phenoxy) is 2. The minimum absolute atomic E-state index is 0.113. The summed E-state index contributed by atoms with van der Waals surface area (Å²) in [6.07, 6.45) is 4.31. The zero-order chi connectivity index (χ0) is 17.2. The molecule has 6 heteroatoms. The summed E-state index contributed by atoms with van der Waals surface area (Å²) in [6, 6.07) is 11.2. The first-order valence-electron chi connectivity index (χ1n) is 7.84. The average molecular weight is 329 g/mol. The molecule has 1 aromatic carbocycles. The molecule has 0 aliphatic rings. The van der Waals surface area contributed by atoms with Crippen LogP contribution in [0.15, 0.2) is 48.8 Å². The van der Waals surface area contributed by atoms with Gasteiger partial charge in [-0.05, 0) is 36.2 Å². The smallest absolute Gasteiger partial charge is 0.317 e. The Morgan fingerprint density at radius 3 is 2.71 bits per heavy atom. The van der Waals surface area contributed by atoms with Crippen molar-refractivity contribution in [2.75, 3.05) is 33.9 Å². The van der Waals surface area contributed by atoms with Crippen LogP contribution in [0.2, 0.25) is 0 Å². The quantitative estimate of drug-likeness (QED) is 0.755. The van der Waals surface area contributed by atoms with Crippen molar-refractivity contribution in [3.63, 3.8) is 0 Å². The van der Waals surface area contributed by atoms with Gasteiger partial charge in [-0.15, -0.1) is 0 Å². The molecule has 0 saturated carbocycles. The van der Waals surface area contributed by atoms with E-state index in [0.29, 0.717) is 19.7 Å². The molecular weight excluding hydrogens is 306 g/mol. The van der Waals surface area contributed by atoms with Gasteiger partial charge in [0.05, 0.1) is 13.7 Å². The van der Waals surface area contributed by atoms with Crippen molar-refractivity contribution in [3.05, 3.63) is 54.4 Å². The number of hydrogen-bond donors (Lipinski definition) is 1. The molecule has 1 heterocycles. The highest BCUT2D eigenvalue weighted by atomic mass is 16.5. The van der Waals surface area contributed by atoms with Crippen LogP contribution in [0.4, 0.5) is 4.79 Å². The molecule has 0 aliphatic carbocycles. The van der Waals surface area contributed by atoms with E-state index in [4.69, 9.17) is 9.47 Å². The Morgan fingerprint density at radius 2 is 1.96 bits per heavy atom. The Balaban J connectivity index is 1.65. The van der Waals surface area contributed by atoms with Gasteiger partial charge < -0.3 is 19.7 Å². The Morgan fingerprint density at radius 1 is 1.21 bits per heavy atom. The van der Waals surface area contributed by atoms with E-state index in [2.05, 4.69) is 10.3 Å². The van der Waals surface area contributed by atoms with Crippen molar-refractivity contribution in [3.8, 4) is 11.5 Å². The Bertz CT molecular complexity index is 634. The second-order valence-corrected chi connectivity index (χ2v) is 5.29. The van der Waals surface area contributed by atoms with Crippen molar-refractivity contribution >= 4 is 6.03 Å². The molecule has 6 nitrogen and oxygen atoms in total. The van der Waals surface area contributed by atoms with Gasteiger partial charge in [0, 0.05) is 32.1 Å². The van der Waals surface area contributed by atoms with Gasteiger partial charge in [-0.25, -0.2) is 4.79 Å². The predicted octanol–water partition coefficient (Wildman–Crippen LogP) is 2.35. The molecule has 2 aromatic rings. The van der Waals surface area contributed by atoms with Crippen LogP contribution < -0.4 is 14.8 Å². The van der Waals surface area contributed by atoms with E-state index in [-0.39, 0.29) is 6.03 Å². The normalized spacial score (nSPS) is 10.1. The number of hydrogen-bond acceptors (Lipinski definition) is 4. The summed E-state index contributed by atoms with van der Waals surface area (Å²) in [7, 11) is 3.39. The maximum absolute atomic E-state index is 12.0. The average Bonchev–Trinajstić information content (AvgIpc) is 2.64. The van der Waals surface area contributed by atoms with Crippen LogP contribution >= 0.6 is 0 Å². The van der Waals surface area contributed by atoms with Gasteiger partial charge in [0.15, 0.2) is 0 Å². The molecule has 128 valence electrons. The van der Waals surface area contributed by atoms with Crippen molar-refractivity contribution in [2.24, 2.45) is 0 Å². The number of likely N-dealkylation sites (N-methyl/N-ethyl adjacent to an activating group) is 1. The number of carbonyl (C=O) groups excluding carboxylic acids is 1. The van der Waals surface area contributed by atoms with Crippen molar-refractivity contribution in [1.82, 2.24) is 15.2 Å². The highest BCUT2D eigenvalue weighted by molar-refractivity contribution is 5.73. The van der Waals surface area contributed by atoms with Gasteiger partial charge in [-0.3, -0.25) is 4.98 Å². The molecule has 0 spiro atoms. The monoisotopic (exact) mass is 329 g/mol. The van der Waals surface area contributed by atoms with Gasteiger partial charge in [0.2, 0.25) is 0 Å². The van der Waals surface area contributed by atoms with Gasteiger partial charge >= 0.3 is 6.03 Å². The third-order valence-electron chi connectivity index (χ3n) is 3.52. The van der Waals surface area contributed by atoms with Crippen LogP contribution in [0.25, 0.3) is 0 Å². The standard InChI is InChI=1S/C18H23N3O3/c1-21(12-8-15-6-9-19-10-7-15)18(22)20-11-13-24-17-5-3-4-16(14-17)23-2/h3-7,9-10,14H,8,11-13H2,1-2H3,(H,20,22). The SMILES string of the molecule is COc1cccc(OCCNC(=O)N(C)CCc2ccncc2)c1. The maximum Gasteiger partial charge on any atom is 0.317 e. The first-order valence-corrected chi connectivity index (χ1v) is 7.84. The molecule has 0 unspecified atom stereocenters. The molecule has 0 radical (unpaired) electrons. The van der Waals surface area contributed by atoms with Crippen LogP contribution in [0.3, 0.4) is 0 Å². The summed E-state index contributed by atoms with van der Waals surface area (Å²) < 4.78 is 10.7. The van der Waals surface area contributed by atoms with E-state index in [1.54, 1.807) is 31.5 Å². The largest absolute Gasteiger partial charge is 0.497 e. The fourth-order valence-electron chi connectivity index (χ4n) is 2.10. The number of aromatic nitrogens is 1. The third kappa shape index (κ3) is 5.79. The number of rotatable bonds is 8. The number of pyridine rings is 1. The number of urea groups is 1. The van der Waals surface area contributed by atoms with Crippen LogP contribution in [0.1, 0.15) is 5.56 Å². The fourth-order valence-corrected chi connectivity index (χ4v) is 2.10. The lowest BCUT2D eigenvalue weighted by Crippen LogP contribution is -2.40. The minimum Gasteiger partial charge on any atom is -0.497 e. The van der Waals surface area contributed by atoms with E-state index < -0.39 is 0 Å². The molecule has 24 heavy (non-hydrogen) atoms.